The highest BCUT2D eigenvalue weighted by atomic mass is 16.5. The summed E-state index contributed by atoms with van der Waals surface area (Å²) in [5.41, 5.74) is 1.89. The van der Waals surface area contributed by atoms with Gasteiger partial charge < -0.3 is 15.2 Å². The molecule has 1 aromatic rings. The first-order valence-corrected chi connectivity index (χ1v) is 6.81. The van der Waals surface area contributed by atoms with Crippen molar-refractivity contribution in [2.75, 3.05) is 13.7 Å². The van der Waals surface area contributed by atoms with Crippen LogP contribution < -0.4 is 10.1 Å². The highest BCUT2D eigenvalue weighted by Gasteiger charge is 2.06. The third-order valence-electron chi connectivity index (χ3n) is 3.08. The number of carbonyl (C=O) groups is 1. The third kappa shape index (κ3) is 5.45. The lowest BCUT2D eigenvalue weighted by atomic mass is 10.1. The molecule has 1 atom stereocenters. The van der Waals surface area contributed by atoms with E-state index >= 15 is 0 Å². The minimum atomic E-state index is -0.108. The van der Waals surface area contributed by atoms with Crippen molar-refractivity contribution in [1.29, 1.82) is 0 Å². The van der Waals surface area contributed by atoms with Crippen molar-refractivity contribution < 1.29 is 14.6 Å². The fourth-order valence-electron chi connectivity index (χ4n) is 1.89. The van der Waals surface area contributed by atoms with E-state index in [0.29, 0.717) is 6.42 Å². The lowest BCUT2D eigenvalue weighted by molar-refractivity contribution is -0.117. The molecule has 0 bridgehead atoms. The minimum absolute atomic E-state index is 0.0644. The van der Waals surface area contributed by atoms with Crippen LogP contribution in [0, 0.1) is 0 Å². The minimum Gasteiger partial charge on any atom is -0.497 e. The molecule has 2 N–H and O–H groups in total. The Morgan fingerprint density at radius 3 is 2.60 bits per heavy atom. The van der Waals surface area contributed by atoms with Crippen molar-refractivity contribution >= 4 is 11.5 Å². The van der Waals surface area contributed by atoms with Crippen LogP contribution in [0.3, 0.4) is 0 Å². The summed E-state index contributed by atoms with van der Waals surface area (Å²) in [4.78, 5) is 11.8. The first-order valence-electron chi connectivity index (χ1n) is 6.81. The standard InChI is InChI=1S/C16H23NO3/c1-12(14-6-8-15(20-3)9-7-14)11-16(19)17-13(2)5-4-10-18/h6-9,11,13,18H,4-5,10H2,1-3H3,(H,17,19)/b12-11+. The first kappa shape index (κ1) is 16.2. The molecule has 4 heteroatoms. The van der Waals surface area contributed by atoms with Crippen molar-refractivity contribution in [3.05, 3.63) is 35.9 Å². The summed E-state index contributed by atoms with van der Waals surface area (Å²) in [6.45, 7) is 3.99. The van der Waals surface area contributed by atoms with Crippen LogP contribution in [0.25, 0.3) is 5.57 Å². The molecule has 0 saturated heterocycles. The second-order valence-electron chi connectivity index (χ2n) is 4.83. The molecule has 0 aliphatic rings. The molecular formula is C16H23NO3. The number of aliphatic hydroxyl groups is 1. The average Bonchev–Trinajstić information content (AvgIpc) is 2.45. The number of benzene rings is 1. The number of hydrogen-bond acceptors (Lipinski definition) is 3. The topological polar surface area (TPSA) is 58.6 Å². The molecule has 4 nitrogen and oxygen atoms in total. The second kappa shape index (κ2) is 8.38. The number of carbonyl (C=O) groups excluding carboxylic acids is 1. The zero-order valence-electron chi connectivity index (χ0n) is 12.3. The predicted molar refractivity (Wildman–Crippen MR) is 80.6 cm³/mol. The highest BCUT2D eigenvalue weighted by Crippen LogP contribution is 2.17. The van der Waals surface area contributed by atoms with Crippen LogP contribution in [0.2, 0.25) is 0 Å². The Labute approximate surface area is 120 Å². The Morgan fingerprint density at radius 2 is 2.05 bits per heavy atom. The van der Waals surface area contributed by atoms with E-state index in [2.05, 4.69) is 5.32 Å². The van der Waals surface area contributed by atoms with Crippen LogP contribution in [0.1, 0.15) is 32.3 Å². The largest absolute Gasteiger partial charge is 0.497 e. The van der Waals surface area contributed by atoms with E-state index in [4.69, 9.17) is 9.84 Å². The normalized spacial score (nSPS) is 12.9. The number of nitrogens with one attached hydrogen (secondary N) is 1. The Hall–Kier alpha value is -1.81. The molecule has 0 aliphatic carbocycles. The molecular weight excluding hydrogens is 254 g/mol. The van der Waals surface area contributed by atoms with E-state index in [1.165, 1.54) is 0 Å². The van der Waals surface area contributed by atoms with Crippen LogP contribution in [0.5, 0.6) is 5.75 Å². The molecule has 0 heterocycles. The molecule has 0 spiro atoms. The number of ether oxygens (including phenoxy) is 1. The van der Waals surface area contributed by atoms with E-state index in [-0.39, 0.29) is 18.6 Å². The van der Waals surface area contributed by atoms with Crippen molar-refractivity contribution in [3.63, 3.8) is 0 Å². The summed E-state index contributed by atoms with van der Waals surface area (Å²) < 4.78 is 5.10. The molecule has 0 fully saturated rings. The number of methoxy groups -OCH3 is 1. The Morgan fingerprint density at radius 1 is 1.40 bits per heavy atom. The quantitative estimate of drug-likeness (QED) is 0.752. The number of amides is 1. The Balaban J connectivity index is 2.60. The molecule has 0 aromatic heterocycles. The van der Waals surface area contributed by atoms with Crippen molar-refractivity contribution in [2.24, 2.45) is 0 Å². The van der Waals surface area contributed by atoms with Gasteiger partial charge in [-0.1, -0.05) is 12.1 Å². The van der Waals surface area contributed by atoms with Crippen molar-refractivity contribution in [2.45, 2.75) is 32.7 Å². The maximum absolute atomic E-state index is 11.8. The van der Waals surface area contributed by atoms with Crippen LogP contribution in [-0.4, -0.2) is 30.8 Å². The van der Waals surface area contributed by atoms with Crippen LogP contribution in [0.15, 0.2) is 30.3 Å². The molecule has 0 aliphatic heterocycles. The van der Waals surface area contributed by atoms with Crippen molar-refractivity contribution in [1.82, 2.24) is 5.32 Å². The van der Waals surface area contributed by atoms with E-state index < -0.39 is 0 Å². The van der Waals surface area contributed by atoms with Gasteiger partial charge in [0, 0.05) is 18.7 Å². The highest BCUT2D eigenvalue weighted by molar-refractivity contribution is 5.94. The van der Waals surface area contributed by atoms with Crippen LogP contribution >= 0.6 is 0 Å². The second-order valence-corrected chi connectivity index (χ2v) is 4.83. The van der Waals surface area contributed by atoms with E-state index in [9.17, 15) is 4.79 Å². The SMILES string of the molecule is COc1ccc(/C(C)=C/C(=O)NC(C)CCCO)cc1. The maximum Gasteiger partial charge on any atom is 0.244 e. The molecule has 110 valence electrons. The summed E-state index contributed by atoms with van der Waals surface area (Å²) in [6, 6.07) is 7.65. The number of allylic oxidation sites excluding steroid dienone is 1. The van der Waals surface area contributed by atoms with Gasteiger partial charge in [0.1, 0.15) is 5.75 Å². The fraction of sp³-hybridized carbons (Fsp3) is 0.438. The van der Waals surface area contributed by atoms with Crippen LogP contribution in [-0.2, 0) is 4.79 Å². The number of aliphatic hydroxyl groups excluding tert-OH is 1. The summed E-state index contributed by atoms with van der Waals surface area (Å²) in [5, 5.41) is 11.6. The molecule has 1 unspecified atom stereocenters. The van der Waals surface area contributed by atoms with Gasteiger partial charge in [-0.05, 0) is 50.0 Å². The summed E-state index contributed by atoms with van der Waals surface area (Å²) in [5.74, 6) is 0.687. The lowest BCUT2D eigenvalue weighted by Crippen LogP contribution is -2.31. The predicted octanol–water partition coefficient (Wildman–Crippen LogP) is 2.38. The van der Waals surface area contributed by atoms with Gasteiger partial charge in [-0.3, -0.25) is 4.79 Å². The lowest BCUT2D eigenvalue weighted by Gasteiger charge is -2.12. The van der Waals surface area contributed by atoms with Gasteiger partial charge >= 0.3 is 0 Å². The van der Waals surface area contributed by atoms with E-state index in [1.807, 2.05) is 38.1 Å². The van der Waals surface area contributed by atoms with Gasteiger partial charge in [0.15, 0.2) is 0 Å². The molecule has 1 amide bonds. The number of hydrogen-bond donors (Lipinski definition) is 2. The summed E-state index contributed by atoms with van der Waals surface area (Å²) in [7, 11) is 1.62. The molecule has 20 heavy (non-hydrogen) atoms. The zero-order chi connectivity index (χ0) is 15.0. The van der Waals surface area contributed by atoms with Gasteiger partial charge in [-0.15, -0.1) is 0 Å². The average molecular weight is 277 g/mol. The van der Waals surface area contributed by atoms with Gasteiger partial charge in [0.2, 0.25) is 5.91 Å². The Kier molecular flexibility index (Phi) is 6.81. The van der Waals surface area contributed by atoms with Crippen LogP contribution in [0.4, 0.5) is 0 Å². The zero-order valence-corrected chi connectivity index (χ0v) is 12.3. The van der Waals surface area contributed by atoms with Crippen molar-refractivity contribution in [3.8, 4) is 5.75 Å². The number of rotatable bonds is 7. The smallest absolute Gasteiger partial charge is 0.244 e. The third-order valence-corrected chi connectivity index (χ3v) is 3.08. The van der Waals surface area contributed by atoms with Gasteiger partial charge in [-0.25, -0.2) is 0 Å². The summed E-state index contributed by atoms with van der Waals surface area (Å²) in [6.07, 6.45) is 3.07. The van der Waals surface area contributed by atoms with Gasteiger partial charge in [-0.2, -0.15) is 0 Å². The van der Waals surface area contributed by atoms with Gasteiger partial charge in [0.25, 0.3) is 0 Å². The molecule has 0 saturated carbocycles. The van der Waals surface area contributed by atoms with E-state index in [1.54, 1.807) is 13.2 Å². The first-order chi connectivity index (χ1) is 9.56. The fourth-order valence-corrected chi connectivity index (χ4v) is 1.89. The maximum atomic E-state index is 11.8. The van der Waals surface area contributed by atoms with E-state index in [0.717, 1.165) is 23.3 Å². The molecule has 1 rings (SSSR count). The van der Waals surface area contributed by atoms with Gasteiger partial charge in [0.05, 0.1) is 7.11 Å². The molecule has 0 radical (unpaired) electrons. The Bertz CT molecular complexity index is 451. The summed E-state index contributed by atoms with van der Waals surface area (Å²) >= 11 is 0. The monoisotopic (exact) mass is 277 g/mol. The molecule has 1 aromatic carbocycles.